The third-order valence-corrected chi connectivity index (χ3v) is 2.90. The zero-order valence-electron chi connectivity index (χ0n) is 9.07. The van der Waals surface area contributed by atoms with Crippen LogP contribution in [0.2, 0.25) is 0 Å². The molecule has 1 fully saturated rings. The van der Waals surface area contributed by atoms with Crippen LogP contribution in [0.4, 0.5) is 0 Å². The molecule has 1 aliphatic heterocycles. The first kappa shape index (κ1) is 11.5. The molecule has 1 heterocycles. The maximum atomic E-state index is 10.4. The molecule has 0 saturated carbocycles. The minimum atomic E-state index is -0.699. The first-order valence-corrected chi connectivity index (χ1v) is 5.31. The summed E-state index contributed by atoms with van der Waals surface area (Å²) in [5.41, 5.74) is 0. The predicted octanol–water partition coefficient (Wildman–Crippen LogP) is 0.487. The summed E-state index contributed by atoms with van der Waals surface area (Å²) in [6.45, 7) is 9.23. The number of carboxylic acid groups (broad SMARTS) is 1. The standard InChI is InChI=1S/C10H20N2O2/c1-3-12-7-6-11(8-9(12)2)5-4-10(13)14/h9H,3-8H2,1-2H3,(H,13,14). The van der Waals surface area contributed by atoms with Crippen molar-refractivity contribution in [2.75, 3.05) is 32.7 Å². The molecule has 0 amide bonds. The van der Waals surface area contributed by atoms with Crippen molar-refractivity contribution in [2.24, 2.45) is 0 Å². The number of piperazine rings is 1. The molecule has 4 nitrogen and oxygen atoms in total. The van der Waals surface area contributed by atoms with Gasteiger partial charge in [0.15, 0.2) is 0 Å². The van der Waals surface area contributed by atoms with Crippen LogP contribution >= 0.6 is 0 Å². The third kappa shape index (κ3) is 3.27. The first-order chi connectivity index (χ1) is 6.63. The maximum Gasteiger partial charge on any atom is 0.304 e. The predicted molar refractivity (Wildman–Crippen MR) is 55.4 cm³/mol. The third-order valence-electron chi connectivity index (χ3n) is 2.90. The number of aliphatic carboxylic acids is 1. The van der Waals surface area contributed by atoms with Crippen LogP contribution in [0.3, 0.4) is 0 Å². The molecule has 14 heavy (non-hydrogen) atoms. The highest BCUT2D eigenvalue weighted by Gasteiger charge is 2.22. The average Bonchev–Trinajstić information content (AvgIpc) is 2.15. The minimum Gasteiger partial charge on any atom is -0.481 e. The quantitative estimate of drug-likeness (QED) is 0.717. The number of carbonyl (C=O) groups is 1. The van der Waals surface area contributed by atoms with Crippen molar-refractivity contribution in [1.82, 2.24) is 9.80 Å². The SMILES string of the molecule is CCN1CCN(CCC(=O)O)CC1C. The Labute approximate surface area is 85.5 Å². The van der Waals surface area contributed by atoms with Crippen molar-refractivity contribution < 1.29 is 9.90 Å². The van der Waals surface area contributed by atoms with Gasteiger partial charge in [-0.1, -0.05) is 6.92 Å². The van der Waals surface area contributed by atoms with Gasteiger partial charge in [-0.3, -0.25) is 14.6 Å². The second kappa shape index (κ2) is 5.32. The molecule has 82 valence electrons. The Bertz CT molecular complexity index is 197. The van der Waals surface area contributed by atoms with Gasteiger partial charge in [0.2, 0.25) is 0 Å². The van der Waals surface area contributed by atoms with Crippen molar-refractivity contribution in [3.8, 4) is 0 Å². The Balaban J connectivity index is 2.27. The Morgan fingerprint density at radius 1 is 1.50 bits per heavy atom. The lowest BCUT2D eigenvalue weighted by Gasteiger charge is -2.39. The molecular weight excluding hydrogens is 180 g/mol. The lowest BCUT2D eigenvalue weighted by molar-refractivity contribution is -0.137. The highest BCUT2D eigenvalue weighted by atomic mass is 16.4. The fourth-order valence-electron chi connectivity index (χ4n) is 2.00. The maximum absolute atomic E-state index is 10.4. The van der Waals surface area contributed by atoms with Gasteiger partial charge in [-0.2, -0.15) is 0 Å². The lowest BCUT2D eigenvalue weighted by Crippen LogP contribution is -2.51. The Morgan fingerprint density at radius 3 is 2.71 bits per heavy atom. The van der Waals surface area contributed by atoms with E-state index in [-0.39, 0.29) is 6.42 Å². The number of nitrogens with zero attached hydrogens (tertiary/aromatic N) is 2. The molecule has 0 aliphatic carbocycles. The van der Waals surface area contributed by atoms with Gasteiger partial charge < -0.3 is 5.11 Å². The van der Waals surface area contributed by atoms with E-state index in [2.05, 4.69) is 23.6 Å². The molecule has 0 aromatic heterocycles. The van der Waals surface area contributed by atoms with Crippen molar-refractivity contribution in [3.05, 3.63) is 0 Å². The minimum absolute atomic E-state index is 0.263. The fourth-order valence-corrected chi connectivity index (χ4v) is 2.00. The van der Waals surface area contributed by atoms with Crippen LogP contribution in [0.5, 0.6) is 0 Å². The molecule has 0 radical (unpaired) electrons. The molecule has 0 aromatic rings. The topological polar surface area (TPSA) is 43.8 Å². The van der Waals surface area contributed by atoms with E-state index >= 15 is 0 Å². The van der Waals surface area contributed by atoms with Gasteiger partial charge in [0.25, 0.3) is 0 Å². The molecular formula is C10H20N2O2. The van der Waals surface area contributed by atoms with E-state index < -0.39 is 5.97 Å². The summed E-state index contributed by atoms with van der Waals surface area (Å²) in [5.74, 6) is -0.699. The molecule has 0 spiro atoms. The summed E-state index contributed by atoms with van der Waals surface area (Å²) in [7, 11) is 0. The number of likely N-dealkylation sites (N-methyl/N-ethyl adjacent to an activating group) is 1. The highest BCUT2D eigenvalue weighted by molar-refractivity contribution is 5.66. The van der Waals surface area contributed by atoms with Gasteiger partial charge >= 0.3 is 5.97 Å². The van der Waals surface area contributed by atoms with E-state index in [0.717, 1.165) is 26.2 Å². The van der Waals surface area contributed by atoms with E-state index in [1.54, 1.807) is 0 Å². The monoisotopic (exact) mass is 200 g/mol. The summed E-state index contributed by atoms with van der Waals surface area (Å²) in [6, 6.07) is 0.558. The van der Waals surface area contributed by atoms with E-state index in [1.165, 1.54) is 0 Å². The second-order valence-corrected chi connectivity index (χ2v) is 3.92. The number of hydrogen-bond donors (Lipinski definition) is 1. The largest absolute Gasteiger partial charge is 0.481 e. The molecule has 1 atom stereocenters. The summed E-state index contributed by atoms with van der Waals surface area (Å²) in [6.07, 6.45) is 0.263. The molecule has 4 heteroatoms. The van der Waals surface area contributed by atoms with Gasteiger partial charge in [-0.25, -0.2) is 0 Å². The van der Waals surface area contributed by atoms with Gasteiger partial charge in [-0.05, 0) is 13.5 Å². The number of carboxylic acids is 1. The normalized spacial score (nSPS) is 25.1. The summed E-state index contributed by atoms with van der Waals surface area (Å²) < 4.78 is 0. The summed E-state index contributed by atoms with van der Waals surface area (Å²) >= 11 is 0. The summed E-state index contributed by atoms with van der Waals surface area (Å²) in [4.78, 5) is 15.1. The number of rotatable bonds is 4. The molecule has 1 saturated heterocycles. The zero-order chi connectivity index (χ0) is 10.6. The van der Waals surface area contributed by atoms with E-state index in [0.29, 0.717) is 12.6 Å². The van der Waals surface area contributed by atoms with Crippen molar-refractivity contribution in [1.29, 1.82) is 0 Å². The van der Waals surface area contributed by atoms with Crippen LogP contribution in [0, 0.1) is 0 Å². The molecule has 1 aliphatic rings. The Kier molecular flexibility index (Phi) is 4.35. The van der Waals surface area contributed by atoms with Gasteiger partial charge in [0, 0.05) is 32.2 Å². The Hall–Kier alpha value is -0.610. The van der Waals surface area contributed by atoms with Crippen molar-refractivity contribution >= 4 is 5.97 Å². The first-order valence-electron chi connectivity index (χ1n) is 5.31. The van der Waals surface area contributed by atoms with E-state index in [9.17, 15) is 4.79 Å². The molecule has 0 aromatic carbocycles. The molecule has 1 unspecified atom stereocenters. The number of hydrogen-bond acceptors (Lipinski definition) is 3. The van der Waals surface area contributed by atoms with E-state index in [1.807, 2.05) is 0 Å². The van der Waals surface area contributed by atoms with Gasteiger partial charge in [0.1, 0.15) is 0 Å². The van der Waals surface area contributed by atoms with E-state index in [4.69, 9.17) is 5.11 Å². The van der Waals surface area contributed by atoms with Crippen LogP contribution in [-0.2, 0) is 4.79 Å². The second-order valence-electron chi connectivity index (χ2n) is 3.92. The van der Waals surface area contributed by atoms with Crippen LogP contribution in [0.15, 0.2) is 0 Å². The van der Waals surface area contributed by atoms with Crippen LogP contribution in [-0.4, -0.2) is 59.6 Å². The molecule has 0 bridgehead atoms. The molecule has 1 N–H and O–H groups in total. The zero-order valence-corrected chi connectivity index (χ0v) is 9.07. The highest BCUT2D eigenvalue weighted by Crippen LogP contribution is 2.08. The average molecular weight is 200 g/mol. The lowest BCUT2D eigenvalue weighted by atomic mass is 10.2. The fraction of sp³-hybridized carbons (Fsp3) is 0.900. The van der Waals surface area contributed by atoms with Crippen LogP contribution in [0.25, 0.3) is 0 Å². The van der Waals surface area contributed by atoms with Crippen molar-refractivity contribution in [2.45, 2.75) is 26.3 Å². The smallest absolute Gasteiger partial charge is 0.304 e. The summed E-state index contributed by atoms with van der Waals surface area (Å²) in [5, 5.41) is 8.57. The molecule has 1 rings (SSSR count). The van der Waals surface area contributed by atoms with Crippen molar-refractivity contribution in [3.63, 3.8) is 0 Å². The van der Waals surface area contributed by atoms with Crippen LogP contribution in [0.1, 0.15) is 20.3 Å². The van der Waals surface area contributed by atoms with Gasteiger partial charge in [0.05, 0.1) is 6.42 Å². The van der Waals surface area contributed by atoms with Crippen LogP contribution < -0.4 is 0 Å². The Morgan fingerprint density at radius 2 is 2.21 bits per heavy atom. The van der Waals surface area contributed by atoms with Gasteiger partial charge in [-0.15, -0.1) is 0 Å².